The third kappa shape index (κ3) is 9.74. The summed E-state index contributed by atoms with van der Waals surface area (Å²) in [6.45, 7) is 7.49. The van der Waals surface area contributed by atoms with Gasteiger partial charge in [0.2, 0.25) is 0 Å². The molecule has 0 saturated heterocycles. The lowest BCUT2D eigenvalue weighted by Crippen LogP contribution is -2.25. The summed E-state index contributed by atoms with van der Waals surface area (Å²) >= 11 is 0. The smallest absolute Gasteiger partial charge is 0.183 e. The monoisotopic (exact) mass is 170 g/mol. The molecule has 0 fully saturated rings. The van der Waals surface area contributed by atoms with Gasteiger partial charge < -0.3 is 4.43 Å². The first kappa shape index (κ1) is 10.7. The SMILES string of the molecule is C#CCCCCO[Si](C)(C)C. The summed E-state index contributed by atoms with van der Waals surface area (Å²) in [6.07, 6.45) is 8.20. The Kier molecular flexibility index (Phi) is 5.27. The molecule has 0 aliphatic heterocycles. The summed E-state index contributed by atoms with van der Waals surface area (Å²) in [5.74, 6) is 2.62. The number of terminal acetylenes is 1. The molecule has 1 nitrogen and oxygen atoms in total. The zero-order valence-corrected chi connectivity index (χ0v) is 8.81. The molecule has 0 amide bonds. The molecule has 0 aliphatic rings. The Balaban J connectivity index is 3.10. The van der Waals surface area contributed by atoms with Crippen molar-refractivity contribution in [2.24, 2.45) is 0 Å². The Morgan fingerprint density at radius 2 is 1.91 bits per heavy atom. The van der Waals surface area contributed by atoms with Crippen molar-refractivity contribution < 1.29 is 4.43 Å². The lowest BCUT2D eigenvalue weighted by atomic mass is 10.2. The minimum Gasteiger partial charge on any atom is -0.418 e. The van der Waals surface area contributed by atoms with Crippen LogP contribution in [-0.2, 0) is 4.43 Å². The van der Waals surface area contributed by atoms with Crippen molar-refractivity contribution in [3.05, 3.63) is 0 Å². The van der Waals surface area contributed by atoms with Crippen LogP contribution in [-0.4, -0.2) is 14.9 Å². The van der Waals surface area contributed by atoms with Crippen LogP contribution in [0.15, 0.2) is 0 Å². The van der Waals surface area contributed by atoms with Gasteiger partial charge in [-0.3, -0.25) is 0 Å². The Hall–Kier alpha value is -0.263. The first-order valence-corrected chi connectivity index (χ1v) is 7.54. The summed E-state index contributed by atoms with van der Waals surface area (Å²) < 4.78 is 5.65. The van der Waals surface area contributed by atoms with Crippen LogP contribution in [0.5, 0.6) is 0 Å². The largest absolute Gasteiger partial charge is 0.418 e. The van der Waals surface area contributed by atoms with Crippen LogP contribution in [0, 0.1) is 12.3 Å². The maximum absolute atomic E-state index is 5.65. The zero-order chi connectivity index (χ0) is 8.74. The molecular weight excluding hydrogens is 152 g/mol. The number of hydrogen-bond donors (Lipinski definition) is 0. The van der Waals surface area contributed by atoms with E-state index < -0.39 is 8.32 Å². The highest BCUT2D eigenvalue weighted by molar-refractivity contribution is 6.69. The molecule has 0 radical (unpaired) electrons. The van der Waals surface area contributed by atoms with E-state index in [0.717, 1.165) is 25.9 Å². The fourth-order valence-electron chi connectivity index (χ4n) is 0.707. The Morgan fingerprint density at radius 3 is 2.36 bits per heavy atom. The molecule has 0 aromatic carbocycles. The molecule has 0 aromatic rings. The van der Waals surface area contributed by atoms with Crippen LogP contribution in [0.25, 0.3) is 0 Å². The molecule has 0 bridgehead atoms. The molecule has 0 saturated carbocycles. The van der Waals surface area contributed by atoms with Crippen molar-refractivity contribution in [2.75, 3.05) is 6.61 Å². The Labute approximate surface area is 71.3 Å². The van der Waals surface area contributed by atoms with Gasteiger partial charge in [-0.05, 0) is 32.5 Å². The van der Waals surface area contributed by atoms with Gasteiger partial charge in [-0.1, -0.05) is 0 Å². The summed E-state index contributed by atoms with van der Waals surface area (Å²) in [4.78, 5) is 0. The fraction of sp³-hybridized carbons (Fsp3) is 0.778. The molecule has 11 heavy (non-hydrogen) atoms. The second-order valence-corrected chi connectivity index (χ2v) is 8.14. The second-order valence-electron chi connectivity index (χ2n) is 3.62. The predicted molar refractivity (Wildman–Crippen MR) is 52.0 cm³/mol. The van der Waals surface area contributed by atoms with Gasteiger partial charge in [-0.2, -0.15) is 0 Å². The van der Waals surface area contributed by atoms with Crippen LogP contribution in [0.3, 0.4) is 0 Å². The summed E-state index contributed by atoms with van der Waals surface area (Å²) in [6, 6.07) is 0. The number of rotatable bonds is 5. The average Bonchev–Trinajstić information content (AvgIpc) is 1.85. The molecule has 0 unspecified atom stereocenters. The summed E-state index contributed by atoms with van der Waals surface area (Å²) in [5, 5.41) is 0. The number of hydrogen-bond acceptors (Lipinski definition) is 1. The van der Waals surface area contributed by atoms with E-state index in [9.17, 15) is 0 Å². The molecule has 0 rings (SSSR count). The first-order chi connectivity index (χ1) is 5.06. The quantitative estimate of drug-likeness (QED) is 0.350. The lowest BCUT2D eigenvalue weighted by Gasteiger charge is -2.16. The highest BCUT2D eigenvalue weighted by atomic mass is 28.4. The van der Waals surface area contributed by atoms with E-state index in [-0.39, 0.29) is 0 Å². The van der Waals surface area contributed by atoms with Crippen molar-refractivity contribution in [2.45, 2.75) is 38.9 Å². The first-order valence-electron chi connectivity index (χ1n) is 4.14. The predicted octanol–water partition coefficient (Wildman–Crippen LogP) is 2.64. The van der Waals surface area contributed by atoms with Gasteiger partial charge in [0, 0.05) is 13.0 Å². The second kappa shape index (κ2) is 5.40. The highest BCUT2D eigenvalue weighted by Gasteiger charge is 2.12. The van der Waals surface area contributed by atoms with E-state index in [1.54, 1.807) is 0 Å². The van der Waals surface area contributed by atoms with Crippen LogP contribution in [0.2, 0.25) is 19.6 Å². The molecule has 0 N–H and O–H groups in total. The van der Waals surface area contributed by atoms with E-state index in [2.05, 4.69) is 25.6 Å². The van der Waals surface area contributed by atoms with E-state index in [1.807, 2.05) is 0 Å². The van der Waals surface area contributed by atoms with Gasteiger partial charge in [0.25, 0.3) is 0 Å². The van der Waals surface area contributed by atoms with E-state index in [0.29, 0.717) is 0 Å². The van der Waals surface area contributed by atoms with Crippen LogP contribution >= 0.6 is 0 Å². The van der Waals surface area contributed by atoms with Gasteiger partial charge in [0.15, 0.2) is 8.32 Å². The van der Waals surface area contributed by atoms with Crippen molar-refractivity contribution >= 4 is 8.32 Å². The molecular formula is C9H18OSi. The number of unbranched alkanes of at least 4 members (excludes halogenated alkanes) is 2. The third-order valence-corrected chi connectivity index (χ3v) is 2.32. The van der Waals surface area contributed by atoms with Gasteiger partial charge in [-0.25, -0.2) is 0 Å². The Bertz CT molecular complexity index is 129. The normalized spacial score (nSPS) is 11.1. The van der Waals surface area contributed by atoms with Crippen LogP contribution in [0.4, 0.5) is 0 Å². The van der Waals surface area contributed by atoms with Crippen LogP contribution in [0.1, 0.15) is 19.3 Å². The molecule has 2 heteroatoms. The van der Waals surface area contributed by atoms with Crippen LogP contribution < -0.4 is 0 Å². The fourth-order valence-corrected chi connectivity index (χ4v) is 1.46. The topological polar surface area (TPSA) is 9.23 Å². The summed E-state index contributed by atoms with van der Waals surface area (Å²) in [5.41, 5.74) is 0. The highest BCUT2D eigenvalue weighted by Crippen LogP contribution is 2.04. The molecule has 0 aromatic heterocycles. The molecule has 0 atom stereocenters. The molecule has 0 spiro atoms. The zero-order valence-electron chi connectivity index (χ0n) is 7.81. The molecule has 0 aliphatic carbocycles. The van der Waals surface area contributed by atoms with Gasteiger partial charge in [0.05, 0.1) is 0 Å². The van der Waals surface area contributed by atoms with Gasteiger partial charge >= 0.3 is 0 Å². The molecule has 0 heterocycles. The minimum atomic E-state index is -1.27. The Morgan fingerprint density at radius 1 is 1.27 bits per heavy atom. The summed E-state index contributed by atoms with van der Waals surface area (Å²) in [7, 11) is -1.27. The third-order valence-electron chi connectivity index (χ3n) is 1.25. The van der Waals surface area contributed by atoms with E-state index in [4.69, 9.17) is 10.8 Å². The maximum Gasteiger partial charge on any atom is 0.183 e. The van der Waals surface area contributed by atoms with Crippen molar-refractivity contribution in [1.29, 1.82) is 0 Å². The van der Waals surface area contributed by atoms with E-state index in [1.165, 1.54) is 0 Å². The minimum absolute atomic E-state index is 0.884. The van der Waals surface area contributed by atoms with Gasteiger partial charge in [0.1, 0.15) is 0 Å². The van der Waals surface area contributed by atoms with Gasteiger partial charge in [-0.15, -0.1) is 12.3 Å². The maximum atomic E-state index is 5.65. The standard InChI is InChI=1S/C9H18OSi/c1-5-6-7-8-9-10-11(2,3)4/h1H,6-9H2,2-4H3. The average molecular weight is 170 g/mol. The van der Waals surface area contributed by atoms with Crippen molar-refractivity contribution in [3.8, 4) is 12.3 Å². The molecule has 64 valence electrons. The lowest BCUT2D eigenvalue weighted by molar-refractivity contribution is 0.301. The van der Waals surface area contributed by atoms with Crippen molar-refractivity contribution in [3.63, 3.8) is 0 Å². The van der Waals surface area contributed by atoms with Crippen molar-refractivity contribution in [1.82, 2.24) is 0 Å². The van der Waals surface area contributed by atoms with E-state index >= 15 is 0 Å².